The summed E-state index contributed by atoms with van der Waals surface area (Å²) in [6.07, 6.45) is 10.5. The lowest BCUT2D eigenvalue weighted by atomic mass is 10.2. The minimum Gasteiger partial charge on any atom is -0.366 e. The summed E-state index contributed by atoms with van der Waals surface area (Å²) in [4.78, 5) is 13.0. The van der Waals surface area contributed by atoms with Gasteiger partial charge < -0.3 is 10.6 Å². The van der Waals surface area contributed by atoms with Crippen molar-refractivity contribution >= 4 is 16.0 Å². The first-order chi connectivity index (χ1) is 11.3. The number of primary amides is 1. The topological polar surface area (TPSA) is 101 Å². The quantitative estimate of drug-likeness (QED) is 0.386. The fourth-order valence-electron chi connectivity index (χ4n) is 1.88. The SMILES string of the molecule is CCCCN(CCC=CC(N)=O)CCCC.CCCCS(=O)(=O)O. The first-order valence-corrected chi connectivity index (χ1v) is 10.5. The van der Waals surface area contributed by atoms with E-state index in [1.807, 2.05) is 13.0 Å². The van der Waals surface area contributed by atoms with Crippen molar-refractivity contribution in [1.29, 1.82) is 0 Å². The maximum absolute atomic E-state index is 10.5. The highest BCUT2D eigenvalue weighted by molar-refractivity contribution is 7.85. The first kappa shape index (κ1) is 25.3. The molecule has 0 bridgehead atoms. The van der Waals surface area contributed by atoms with Gasteiger partial charge in [0, 0.05) is 6.54 Å². The molecular weight excluding hydrogens is 328 g/mol. The van der Waals surface area contributed by atoms with Gasteiger partial charge >= 0.3 is 0 Å². The first-order valence-electron chi connectivity index (χ1n) is 8.90. The summed E-state index contributed by atoms with van der Waals surface area (Å²) in [5.74, 6) is -0.461. The Kier molecular flexibility index (Phi) is 17.9. The Morgan fingerprint density at radius 3 is 1.83 bits per heavy atom. The molecule has 0 fully saturated rings. The van der Waals surface area contributed by atoms with E-state index in [9.17, 15) is 13.2 Å². The molecule has 24 heavy (non-hydrogen) atoms. The summed E-state index contributed by atoms with van der Waals surface area (Å²) in [5.41, 5.74) is 5.03. The van der Waals surface area contributed by atoms with Crippen molar-refractivity contribution in [2.75, 3.05) is 25.4 Å². The number of carbonyl (C=O) groups excluding carboxylic acids is 1. The van der Waals surface area contributed by atoms with Gasteiger partial charge in [-0.1, -0.05) is 46.1 Å². The average Bonchev–Trinajstić information content (AvgIpc) is 2.51. The van der Waals surface area contributed by atoms with Crippen LogP contribution >= 0.6 is 0 Å². The number of nitrogens with two attached hydrogens (primary N) is 1. The summed E-state index contributed by atoms with van der Waals surface area (Å²) in [6, 6.07) is 0. The third-order valence-corrected chi connectivity index (χ3v) is 4.11. The highest BCUT2D eigenvalue weighted by Gasteiger charge is 2.02. The molecule has 0 aliphatic heterocycles. The molecule has 0 spiro atoms. The van der Waals surface area contributed by atoms with Crippen LogP contribution in [0.5, 0.6) is 0 Å². The largest absolute Gasteiger partial charge is 0.366 e. The summed E-state index contributed by atoms with van der Waals surface area (Å²) < 4.78 is 28.0. The van der Waals surface area contributed by atoms with E-state index in [0.29, 0.717) is 6.42 Å². The molecule has 0 aromatic rings. The number of nitrogens with zero attached hydrogens (tertiary/aromatic N) is 1. The summed E-state index contributed by atoms with van der Waals surface area (Å²) >= 11 is 0. The molecule has 0 saturated carbocycles. The van der Waals surface area contributed by atoms with Crippen molar-refractivity contribution in [3.8, 4) is 0 Å². The lowest BCUT2D eigenvalue weighted by molar-refractivity contribution is -0.113. The molecule has 7 heteroatoms. The van der Waals surface area contributed by atoms with E-state index < -0.39 is 10.1 Å². The molecule has 0 aromatic heterocycles. The Balaban J connectivity index is 0. The van der Waals surface area contributed by atoms with Crippen molar-refractivity contribution in [2.24, 2.45) is 5.73 Å². The van der Waals surface area contributed by atoms with Gasteiger partial charge in [0.15, 0.2) is 0 Å². The van der Waals surface area contributed by atoms with Crippen LogP contribution in [0.3, 0.4) is 0 Å². The van der Waals surface area contributed by atoms with E-state index in [-0.39, 0.29) is 11.7 Å². The Morgan fingerprint density at radius 2 is 1.50 bits per heavy atom. The van der Waals surface area contributed by atoms with E-state index in [2.05, 4.69) is 18.7 Å². The standard InChI is InChI=1S/C13H26N2O.C4H10O3S/c1-3-5-10-15(11-6-4-2)12-8-7-9-13(14)16;1-2-3-4-8(5,6)7/h7,9H,3-6,8,10-12H2,1-2H3,(H2,14,16);2-4H2,1H3,(H,5,6,7). The number of hydrogen-bond donors (Lipinski definition) is 2. The predicted molar refractivity (Wildman–Crippen MR) is 101 cm³/mol. The smallest absolute Gasteiger partial charge is 0.264 e. The predicted octanol–water partition coefficient (Wildman–Crippen LogP) is 2.99. The zero-order valence-electron chi connectivity index (χ0n) is 15.5. The minimum absolute atomic E-state index is 0.108. The van der Waals surface area contributed by atoms with E-state index in [4.69, 9.17) is 10.3 Å². The lowest BCUT2D eigenvalue weighted by Gasteiger charge is -2.20. The van der Waals surface area contributed by atoms with Crippen LogP contribution in [0.15, 0.2) is 12.2 Å². The minimum atomic E-state index is -3.69. The number of rotatable bonds is 13. The normalized spacial score (nSPS) is 11.5. The fourth-order valence-corrected chi connectivity index (χ4v) is 2.54. The van der Waals surface area contributed by atoms with Crippen LogP contribution in [0.2, 0.25) is 0 Å². The van der Waals surface area contributed by atoms with Crippen LogP contribution in [-0.4, -0.2) is 49.2 Å². The van der Waals surface area contributed by atoms with Gasteiger partial charge in [0.1, 0.15) is 0 Å². The molecule has 0 aliphatic rings. The van der Waals surface area contributed by atoms with Crippen LogP contribution < -0.4 is 5.73 Å². The molecule has 0 unspecified atom stereocenters. The van der Waals surface area contributed by atoms with Gasteiger partial charge in [-0.25, -0.2) is 0 Å². The molecule has 0 aliphatic carbocycles. The molecule has 144 valence electrons. The molecule has 0 saturated heterocycles. The summed E-state index contributed by atoms with van der Waals surface area (Å²) in [5, 5.41) is 0. The highest BCUT2D eigenvalue weighted by atomic mass is 32.2. The number of carbonyl (C=O) groups is 1. The maximum Gasteiger partial charge on any atom is 0.264 e. The zero-order valence-corrected chi connectivity index (χ0v) is 16.4. The van der Waals surface area contributed by atoms with Gasteiger partial charge in [0.05, 0.1) is 5.75 Å². The molecule has 0 rings (SSSR count). The molecular formula is C17H36N2O4S. The van der Waals surface area contributed by atoms with E-state index in [1.54, 1.807) is 0 Å². The van der Waals surface area contributed by atoms with E-state index in [1.165, 1.54) is 44.8 Å². The van der Waals surface area contributed by atoms with Crippen LogP contribution in [0, 0.1) is 0 Å². The summed E-state index contributed by atoms with van der Waals surface area (Å²) in [7, 11) is -3.69. The zero-order chi connectivity index (χ0) is 18.8. The van der Waals surface area contributed by atoms with E-state index in [0.717, 1.165) is 19.4 Å². The van der Waals surface area contributed by atoms with Crippen molar-refractivity contribution in [2.45, 2.75) is 65.7 Å². The molecule has 1 amide bonds. The van der Waals surface area contributed by atoms with Crippen molar-refractivity contribution in [3.63, 3.8) is 0 Å². The maximum atomic E-state index is 10.5. The molecule has 0 aromatic carbocycles. The van der Waals surface area contributed by atoms with Crippen molar-refractivity contribution in [3.05, 3.63) is 12.2 Å². The average molecular weight is 365 g/mol. The monoisotopic (exact) mass is 364 g/mol. The van der Waals surface area contributed by atoms with Crippen molar-refractivity contribution in [1.82, 2.24) is 4.90 Å². The van der Waals surface area contributed by atoms with Crippen LogP contribution in [0.25, 0.3) is 0 Å². The van der Waals surface area contributed by atoms with E-state index >= 15 is 0 Å². The Bertz CT molecular complexity index is 414. The fraction of sp³-hybridized carbons (Fsp3) is 0.824. The van der Waals surface area contributed by atoms with Gasteiger partial charge in [-0.3, -0.25) is 9.35 Å². The van der Waals surface area contributed by atoms with Crippen LogP contribution in [0.1, 0.15) is 65.7 Å². The third kappa shape index (κ3) is 23.3. The summed E-state index contributed by atoms with van der Waals surface area (Å²) in [6.45, 7) is 9.66. The molecule has 3 N–H and O–H groups in total. The van der Waals surface area contributed by atoms with Gasteiger partial charge in [0.25, 0.3) is 10.1 Å². The molecule has 0 radical (unpaired) electrons. The van der Waals surface area contributed by atoms with Gasteiger partial charge in [-0.2, -0.15) is 8.42 Å². The number of hydrogen-bond acceptors (Lipinski definition) is 4. The van der Waals surface area contributed by atoms with Crippen LogP contribution in [-0.2, 0) is 14.9 Å². The second-order valence-electron chi connectivity index (χ2n) is 5.78. The number of amides is 1. The number of unbranched alkanes of at least 4 members (excludes halogenated alkanes) is 3. The Morgan fingerprint density at radius 1 is 1.00 bits per heavy atom. The lowest BCUT2D eigenvalue weighted by Crippen LogP contribution is -2.27. The van der Waals surface area contributed by atoms with Gasteiger partial charge in [0.2, 0.25) is 5.91 Å². The van der Waals surface area contributed by atoms with Gasteiger partial charge in [-0.05, 0) is 44.8 Å². The Labute approximate surface area is 148 Å². The Hall–Kier alpha value is -0.920. The molecule has 0 heterocycles. The molecule has 6 nitrogen and oxygen atoms in total. The van der Waals surface area contributed by atoms with Gasteiger partial charge in [-0.15, -0.1) is 0 Å². The molecule has 0 atom stereocenters. The third-order valence-electron chi connectivity index (χ3n) is 3.31. The van der Waals surface area contributed by atoms with Crippen LogP contribution in [0.4, 0.5) is 0 Å². The second kappa shape index (κ2) is 16.9. The highest BCUT2D eigenvalue weighted by Crippen LogP contribution is 2.00. The second-order valence-corrected chi connectivity index (χ2v) is 7.35. The van der Waals surface area contributed by atoms with Crippen molar-refractivity contribution < 1.29 is 17.8 Å².